The number of hydrogen-bond acceptors (Lipinski definition) is 2. The number of rotatable bonds is 3. The Morgan fingerprint density at radius 2 is 1.86 bits per heavy atom. The third-order valence-corrected chi connectivity index (χ3v) is 3.56. The van der Waals surface area contributed by atoms with Gasteiger partial charge in [-0.2, -0.15) is 0 Å². The predicted molar refractivity (Wildman–Crippen MR) is 60.5 cm³/mol. The van der Waals surface area contributed by atoms with Gasteiger partial charge >= 0.3 is 0 Å². The van der Waals surface area contributed by atoms with Crippen LogP contribution in [-0.4, -0.2) is 36.6 Å². The number of piperazine rings is 1. The summed E-state index contributed by atoms with van der Waals surface area (Å²) in [6, 6.07) is 1.60. The van der Waals surface area contributed by atoms with Crippen LogP contribution in [0.3, 0.4) is 0 Å². The van der Waals surface area contributed by atoms with Gasteiger partial charge in [0.15, 0.2) is 0 Å². The zero-order valence-electron chi connectivity index (χ0n) is 9.63. The Hall–Kier alpha value is -0.0800. The van der Waals surface area contributed by atoms with Gasteiger partial charge in [0.25, 0.3) is 0 Å². The minimum Gasteiger partial charge on any atom is -0.309 e. The van der Waals surface area contributed by atoms with Crippen LogP contribution < -0.4 is 5.32 Å². The summed E-state index contributed by atoms with van der Waals surface area (Å²) >= 11 is 0. The largest absolute Gasteiger partial charge is 0.309 e. The van der Waals surface area contributed by atoms with Gasteiger partial charge in [-0.15, -0.1) is 0 Å². The lowest BCUT2D eigenvalue weighted by Crippen LogP contribution is -2.58. The van der Waals surface area contributed by atoms with Crippen LogP contribution in [0.5, 0.6) is 0 Å². The normalized spacial score (nSPS) is 33.6. The molecule has 2 atom stereocenters. The van der Waals surface area contributed by atoms with Crippen molar-refractivity contribution in [2.24, 2.45) is 5.92 Å². The first-order valence-corrected chi connectivity index (χ1v) is 6.22. The van der Waals surface area contributed by atoms with Crippen LogP contribution in [0.2, 0.25) is 0 Å². The number of nitrogens with zero attached hydrogens (tertiary/aromatic N) is 1. The summed E-state index contributed by atoms with van der Waals surface area (Å²) in [4.78, 5) is 2.67. The van der Waals surface area contributed by atoms with Crippen LogP contribution >= 0.6 is 0 Å². The molecule has 0 aromatic heterocycles. The minimum atomic E-state index is 0.801. The highest BCUT2D eigenvalue weighted by atomic mass is 15.2. The van der Waals surface area contributed by atoms with E-state index in [1.54, 1.807) is 0 Å². The van der Waals surface area contributed by atoms with E-state index in [0.29, 0.717) is 0 Å². The molecule has 82 valence electrons. The number of fused-ring (bicyclic) bond motifs is 2. The Kier molecular flexibility index (Phi) is 3.45. The fourth-order valence-corrected chi connectivity index (χ4v) is 2.72. The summed E-state index contributed by atoms with van der Waals surface area (Å²) in [7, 11) is 0. The van der Waals surface area contributed by atoms with Crippen molar-refractivity contribution in [1.82, 2.24) is 10.2 Å². The molecule has 2 aliphatic rings. The quantitative estimate of drug-likeness (QED) is 0.741. The lowest BCUT2D eigenvalue weighted by atomic mass is 9.94. The molecule has 2 aliphatic heterocycles. The van der Waals surface area contributed by atoms with Gasteiger partial charge in [0.1, 0.15) is 0 Å². The van der Waals surface area contributed by atoms with E-state index in [1.807, 2.05) is 0 Å². The zero-order chi connectivity index (χ0) is 9.97. The van der Waals surface area contributed by atoms with Gasteiger partial charge in [-0.1, -0.05) is 20.3 Å². The lowest BCUT2D eigenvalue weighted by molar-refractivity contribution is 0.121. The summed E-state index contributed by atoms with van der Waals surface area (Å²) < 4.78 is 0. The van der Waals surface area contributed by atoms with Crippen LogP contribution in [0.25, 0.3) is 0 Å². The van der Waals surface area contributed by atoms with Crippen molar-refractivity contribution in [2.75, 3.05) is 19.6 Å². The summed E-state index contributed by atoms with van der Waals surface area (Å²) in [6.07, 6.45) is 5.60. The maximum atomic E-state index is 3.73. The second-order valence-electron chi connectivity index (χ2n) is 5.43. The van der Waals surface area contributed by atoms with Crippen molar-refractivity contribution in [3.63, 3.8) is 0 Å². The van der Waals surface area contributed by atoms with Crippen LogP contribution in [0.4, 0.5) is 0 Å². The molecular formula is C12H24N2. The third kappa shape index (κ3) is 2.71. The molecule has 2 rings (SSSR count). The summed E-state index contributed by atoms with van der Waals surface area (Å²) in [5, 5.41) is 3.73. The number of nitrogens with one attached hydrogen (secondary N) is 1. The van der Waals surface area contributed by atoms with Crippen molar-refractivity contribution in [2.45, 2.75) is 51.6 Å². The van der Waals surface area contributed by atoms with E-state index in [0.717, 1.165) is 18.0 Å². The van der Waals surface area contributed by atoms with E-state index in [1.165, 1.54) is 45.3 Å². The molecule has 0 saturated carbocycles. The van der Waals surface area contributed by atoms with Gasteiger partial charge in [-0.05, 0) is 31.7 Å². The Bertz CT molecular complexity index is 167. The highest BCUT2D eigenvalue weighted by molar-refractivity contribution is 4.89. The highest BCUT2D eigenvalue weighted by Gasteiger charge is 2.29. The molecule has 2 heteroatoms. The number of likely N-dealkylation sites (tertiary alicyclic amines) is 1. The van der Waals surface area contributed by atoms with Crippen molar-refractivity contribution >= 4 is 0 Å². The molecule has 2 fully saturated rings. The molecule has 2 saturated heterocycles. The number of hydrogen-bond donors (Lipinski definition) is 1. The first-order chi connectivity index (χ1) is 6.74. The molecule has 0 radical (unpaired) electrons. The molecule has 2 unspecified atom stereocenters. The molecule has 0 aliphatic carbocycles. The molecule has 0 spiro atoms. The Morgan fingerprint density at radius 1 is 1.21 bits per heavy atom. The summed E-state index contributed by atoms with van der Waals surface area (Å²) in [6.45, 7) is 8.55. The molecule has 2 bridgehead atoms. The van der Waals surface area contributed by atoms with Crippen LogP contribution in [0, 0.1) is 5.92 Å². The van der Waals surface area contributed by atoms with Crippen molar-refractivity contribution in [3.8, 4) is 0 Å². The third-order valence-electron chi connectivity index (χ3n) is 3.56. The van der Waals surface area contributed by atoms with Crippen LogP contribution in [-0.2, 0) is 0 Å². The monoisotopic (exact) mass is 196 g/mol. The van der Waals surface area contributed by atoms with Crippen LogP contribution in [0.1, 0.15) is 39.5 Å². The van der Waals surface area contributed by atoms with Gasteiger partial charge < -0.3 is 10.2 Å². The molecular weight excluding hydrogens is 172 g/mol. The molecule has 0 aromatic rings. The minimum absolute atomic E-state index is 0.801. The standard InChI is InChI=1S/C12H24N2/c1-10(2)6-7-14-8-11-4-3-5-12(9-14)13-11/h10-13H,3-9H2,1-2H3. The number of piperidine rings is 1. The maximum absolute atomic E-state index is 3.73. The van der Waals surface area contributed by atoms with Gasteiger partial charge in [0.2, 0.25) is 0 Å². The van der Waals surface area contributed by atoms with E-state index in [2.05, 4.69) is 24.1 Å². The van der Waals surface area contributed by atoms with E-state index >= 15 is 0 Å². The van der Waals surface area contributed by atoms with E-state index in [9.17, 15) is 0 Å². The highest BCUT2D eigenvalue weighted by Crippen LogP contribution is 2.19. The topological polar surface area (TPSA) is 15.3 Å². The SMILES string of the molecule is CC(C)CCN1CC2CCCC(C1)N2. The first kappa shape index (κ1) is 10.4. The van der Waals surface area contributed by atoms with Crippen molar-refractivity contribution < 1.29 is 0 Å². The molecule has 0 amide bonds. The van der Waals surface area contributed by atoms with Crippen molar-refractivity contribution in [3.05, 3.63) is 0 Å². The van der Waals surface area contributed by atoms with E-state index < -0.39 is 0 Å². The van der Waals surface area contributed by atoms with Crippen LogP contribution in [0.15, 0.2) is 0 Å². The average Bonchev–Trinajstić information content (AvgIpc) is 2.14. The average molecular weight is 196 g/mol. The molecule has 0 aromatic carbocycles. The summed E-state index contributed by atoms with van der Waals surface area (Å²) in [5.74, 6) is 0.852. The Balaban J connectivity index is 1.77. The molecule has 2 heterocycles. The molecule has 14 heavy (non-hydrogen) atoms. The molecule has 2 nitrogen and oxygen atoms in total. The van der Waals surface area contributed by atoms with E-state index in [-0.39, 0.29) is 0 Å². The molecule has 1 N–H and O–H groups in total. The predicted octanol–water partition coefficient (Wildman–Crippen LogP) is 1.86. The second kappa shape index (κ2) is 4.63. The van der Waals surface area contributed by atoms with Gasteiger partial charge in [0, 0.05) is 25.2 Å². The van der Waals surface area contributed by atoms with Gasteiger partial charge in [-0.3, -0.25) is 0 Å². The van der Waals surface area contributed by atoms with Crippen molar-refractivity contribution in [1.29, 1.82) is 0 Å². The van der Waals surface area contributed by atoms with Gasteiger partial charge in [0.05, 0.1) is 0 Å². The maximum Gasteiger partial charge on any atom is 0.0198 e. The first-order valence-electron chi connectivity index (χ1n) is 6.22. The Labute approximate surface area is 88.1 Å². The lowest BCUT2D eigenvalue weighted by Gasteiger charge is -2.42. The second-order valence-corrected chi connectivity index (χ2v) is 5.43. The van der Waals surface area contributed by atoms with Gasteiger partial charge in [-0.25, -0.2) is 0 Å². The summed E-state index contributed by atoms with van der Waals surface area (Å²) in [5.41, 5.74) is 0. The van der Waals surface area contributed by atoms with E-state index in [4.69, 9.17) is 0 Å². The Morgan fingerprint density at radius 3 is 2.43 bits per heavy atom. The fraction of sp³-hybridized carbons (Fsp3) is 1.00. The zero-order valence-corrected chi connectivity index (χ0v) is 9.63. The fourth-order valence-electron chi connectivity index (χ4n) is 2.72. The smallest absolute Gasteiger partial charge is 0.0198 e.